The third kappa shape index (κ3) is 4.09. The third-order valence-electron chi connectivity index (χ3n) is 2.59. The van der Waals surface area contributed by atoms with Crippen molar-refractivity contribution in [2.75, 3.05) is 12.8 Å². The Balaban J connectivity index is 4.38. The average Bonchev–Trinajstić information content (AvgIpc) is 2.12. The molecule has 0 radical (unpaired) electrons. The summed E-state index contributed by atoms with van der Waals surface area (Å²) in [5.41, 5.74) is 0. The smallest absolute Gasteiger partial charge is 0.240 e. The van der Waals surface area contributed by atoms with Gasteiger partial charge in [0.2, 0.25) is 5.91 Å². The molecule has 0 aromatic rings. The van der Waals surface area contributed by atoms with Gasteiger partial charge in [0.05, 0.1) is 6.10 Å². The van der Waals surface area contributed by atoms with Crippen molar-refractivity contribution >= 4 is 15.7 Å². The third-order valence-corrected chi connectivity index (χ3v) is 4.63. The maximum absolute atomic E-state index is 11.6. The number of hydrogen-bond donors (Lipinski definition) is 2. The van der Waals surface area contributed by atoms with Gasteiger partial charge in [-0.1, -0.05) is 13.3 Å². The van der Waals surface area contributed by atoms with E-state index >= 15 is 0 Å². The number of nitrogens with one attached hydrogen (secondary N) is 1. The van der Waals surface area contributed by atoms with Crippen LogP contribution in [0.1, 0.15) is 33.6 Å². The van der Waals surface area contributed by atoms with Crippen LogP contribution in [0.2, 0.25) is 0 Å². The van der Waals surface area contributed by atoms with Crippen LogP contribution in [-0.2, 0) is 14.6 Å². The lowest BCUT2D eigenvalue weighted by molar-refractivity contribution is -0.123. The summed E-state index contributed by atoms with van der Waals surface area (Å²) in [6.07, 6.45) is 1.80. The SMILES string of the molecule is CCCC(O)CNC(=O)C(C)(C)S(C)(=O)=O. The monoisotopic (exact) mass is 251 g/mol. The Hall–Kier alpha value is -0.620. The highest BCUT2D eigenvalue weighted by molar-refractivity contribution is 7.92. The number of carbonyl (C=O) groups excluding carboxylic acids is 1. The quantitative estimate of drug-likeness (QED) is 0.700. The molecule has 0 rings (SSSR count). The van der Waals surface area contributed by atoms with E-state index in [-0.39, 0.29) is 6.54 Å². The maximum atomic E-state index is 11.6. The van der Waals surface area contributed by atoms with Gasteiger partial charge >= 0.3 is 0 Å². The molecule has 0 spiro atoms. The Morgan fingerprint density at radius 3 is 2.31 bits per heavy atom. The second-order valence-corrected chi connectivity index (χ2v) is 7.00. The number of rotatable bonds is 6. The van der Waals surface area contributed by atoms with Gasteiger partial charge in [-0.05, 0) is 20.3 Å². The van der Waals surface area contributed by atoms with Gasteiger partial charge < -0.3 is 10.4 Å². The minimum Gasteiger partial charge on any atom is -0.391 e. The van der Waals surface area contributed by atoms with Crippen LogP contribution in [-0.4, -0.2) is 43.1 Å². The van der Waals surface area contributed by atoms with Gasteiger partial charge in [-0.2, -0.15) is 0 Å². The van der Waals surface area contributed by atoms with Crippen LogP contribution < -0.4 is 5.32 Å². The molecule has 0 fully saturated rings. The van der Waals surface area contributed by atoms with Crippen LogP contribution in [0, 0.1) is 0 Å². The fraction of sp³-hybridized carbons (Fsp3) is 0.900. The summed E-state index contributed by atoms with van der Waals surface area (Å²) < 4.78 is 21.2. The Morgan fingerprint density at radius 2 is 1.94 bits per heavy atom. The minimum absolute atomic E-state index is 0.0889. The number of aliphatic hydroxyl groups is 1. The minimum atomic E-state index is -3.46. The first-order chi connectivity index (χ1) is 7.13. The molecule has 1 unspecified atom stereocenters. The van der Waals surface area contributed by atoms with E-state index in [1.807, 2.05) is 6.92 Å². The van der Waals surface area contributed by atoms with Gasteiger partial charge in [-0.15, -0.1) is 0 Å². The summed E-state index contributed by atoms with van der Waals surface area (Å²) in [5.74, 6) is -0.579. The van der Waals surface area contributed by atoms with Gasteiger partial charge in [0.1, 0.15) is 4.75 Å². The van der Waals surface area contributed by atoms with E-state index < -0.39 is 26.6 Å². The predicted molar refractivity (Wildman–Crippen MR) is 62.8 cm³/mol. The molecular weight excluding hydrogens is 230 g/mol. The zero-order valence-corrected chi connectivity index (χ0v) is 11.1. The van der Waals surface area contributed by atoms with Gasteiger partial charge in [0, 0.05) is 12.8 Å². The number of carbonyl (C=O) groups is 1. The molecule has 0 aliphatic heterocycles. The summed E-state index contributed by atoms with van der Waals surface area (Å²) >= 11 is 0. The van der Waals surface area contributed by atoms with E-state index in [1.165, 1.54) is 13.8 Å². The summed E-state index contributed by atoms with van der Waals surface area (Å²) in [6, 6.07) is 0. The summed E-state index contributed by atoms with van der Waals surface area (Å²) in [5, 5.41) is 11.8. The van der Waals surface area contributed by atoms with Crippen LogP contribution in [0.5, 0.6) is 0 Å². The molecule has 5 nitrogen and oxygen atoms in total. The van der Waals surface area contributed by atoms with Gasteiger partial charge in [-0.3, -0.25) is 4.79 Å². The molecule has 1 atom stereocenters. The van der Waals surface area contributed by atoms with Crippen molar-refractivity contribution in [1.29, 1.82) is 0 Å². The highest BCUT2D eigenvalue weighted by atomic mass is 32.2. The van der Waals surface area contributed by atoms with Crippen LogP contribution >= 0.6 is 0 Å². The van der Waals surface area contributed by atoms with E-state index in [9.17, 15) is 18.3 Å². The highest BCUT2D eigenvalue weighted by Gasteiger charge is 2.38. The van der Waals surface area contributed by atoms with Crippen molar-refractivity contribution in [1.82, 2.24) is 5.32 Å². The van der Waals surface area contributed by atoms with Crippen LogP contribution in [0.25, 0.3) is 0 Å². The van der Waals surface area contributed by atoms with E-state index in [0.717, 1.165) is 12.7 Å². The zero-order valence-electron chi connectivity index (χ0n) is 10.3. The number of amides is 1. The Kier molecular flexibility index (Phi) is 5.41. The first kappa shape index (κ1) is 15.4. The average molecular weight is 251 g/mol. The first-order valence-electron chi connectivity index (χ1n) is 5.29. The molecule has 0 aliphatic carbocycles. The summed E-state index contributed by atoms with van der Waals surface area (Å²) in [7, 11) is -3.46. The number of aliphatic hydroxyl groups excluding tert-OH is 1. The maximum Gasteiger partial charge on any atom is 0.240 e. The topological polar surface area (TPSA) is 83.5 Å². The standard InChI is InChI=1S/C10H21NO4S/c1-5-6-8(12)7-11-9(13)10(2,3)16(4,14)15/h8,12H,5-7H2,1-4H3,(H,11,13). The van der Waals surface area contributed by atoms with Gasteiger partial charge in [0.25, 0.3) is 0 Å². The predicted octanol–water partition coefficient (Wildman–Crippen LogP) is 0.0868. The molecule has 0 heterocycles. The molecule has 0 aliphatic rings. The van der Waals surface area contributed by atoms with E-state index in [0.29, 0.717) is 6.42 Å². The lowest BCUT2D eigenvalue weighted by atomic mass is 10.1. The zero-order chi connectivity index (χ0) is 13.0. The molecular formula is C10H21NO4S. The lowest BCUT2D eigenvalue weighted by Crippen LogP contribution is -2.49. The number of hydrogen-bond acceptors (Lipinski definition) is 4. The molecule has 2 N–H and O–H groups in total. The fourth-order valence-corrected chi connectivity index (χ4v) is 1.44. The van der Waals surface area contributed by atoms with Crippen molar-refractivity contribution in [2.24, 2.45) is 0 Å². The molecule has 96 valence electrons. The molecule has 16 heavy (non-hydrogen) atoms. The van der Waals surface area contributed by atoms with Crippen molar-refractivity contribution in [3.63, 3.8) is 0 Å². The first-order valence-corrected chi connectivity index (χ1v) is 7.18. The highest BCUT2D eigenvalue weighted by Crippen LogP contribution is 2.14. The van der Waals surface area contributed by atoms with Crippen molar-refractivity contribution < 1.29 is 18.3 Å². The molecule has 6 heteroatoms. The van der Waals surface area contributed by atoms with Crippen molar-refractivity contribution in [3.05, 3.63) is 0 Å². The molecule has 0 aromatic carbocycles. The molecule has 1 amide bonds. The van der Waals surface area contributed by atoms with Gasteiger partial charge in [0.15, 0.2) is 9.84 Å². The molecule has 0 aromatic heterocycles. The fourth-order valence-electron chi connectivity index (χ4n) is 1.03. The molecule has 0 saturated heterocycles. The molecule has 0 bridgehead atoms. The van der Waals surface area contributed by atoms with Crippen molar-refractivity contribution in [3.8, 4) is 0 Å². The van der Waals surface area contributed by atoms with E-state index in [1.54, 1.807) is 0 Å². The normalized spacial score (nSPS) is 14.6. The second kappa shape index (κ2) is 5.63. The lowest BCUT2D eigenvalue weighted by Gasteiger charge is -2.22. The second-order valence-electron chi connectivity index (χ2n) is 4.43. The molecule has 0 saturated carbocycles. The Bertz CT molecular complexity index is 335. The van der Waals surface area contributed by atoms with Crippen LogP contribution in [0.3, 0.4) is 0 Å². The summed E-state index contributed by atoms with van der Waals surface area (Å²) in [6.45, 7) is 4.71. The Morgan fingerprint density at radius 1 is 1.44 bits per heavy atom. The van der Waals surface area contributed by atoms with Gasteiger partial charge in [-0.25, -0.2) is 8.42 Å². The van der Waals surface area contributed by atoms with Crippen LogP contribution in [0.4, 0.5) is 0 Å². The van der Waals surface area contributed by atoms with E-state index in [4.69, 9.17) is 0 Å². The number of sulfone groups is 1. The Labute approximate surface area is 97.2 Å². The van der Waals surface area contributed by atoms with Crippen molar-refractivity contribution in [2.45, 2.75) is 44.5 Å². The largest absolute Gasteiger partial charge is 0.391 e. The van der Waals surface area contributed by atoms with E-state index in [2.05, 4.69) is 5.32 Å². The van der Waals surface area contributed by atoms with Crippen LogP contribution in [0.15, 0.2) is 0 Å². The summed E-state index contributed by atoms with van der Waals surface area (Å²) in [4.78, 5) is 11.6.